The second-order valence-electron chi connectivity index (χ2n) is 5.15. The van der Waals surface area contributed by atoms with E-state index >= 15 is 0 Å². The van der Waals surface area contributed by atoms with E-state index in [0.29, 0.717) is 18.0 Å². The average molecular weight is 264 g/mol. The van der Waals surface area contributed by atoms with E-state index in [4.69, 9.17) is 4.74 Å². The van der Waals surface area contributed by atoms with Crippen LogP contribution in [0.4, 0.5) is 9.18 Å². The number of amides is 1. The third kappa shape index (κ3) is 2.56. The van der Waals surface area contributed by atoms with Crippen LogP contribution in [0.25, 0.3) is 0 Å². The molecule has 102 valence electrons. The van der Waals surface area contributed by atoms with Crippen molar-refractivity contribution >= 4 is 6.09 Å². The average Bonchev–Trinajstić information content (AvgIpc) is 3.02. The van der Waals surface area contributed by atoms with Crippen LogP contribution in [0.2, 0.25) is 0 Å². The molecule has 3 rings (SSSR count). The standard InChI is InChI=1S/C14H17FN2O2/c15-12-4-2-1-3-11(12)8-17-9-13(19-14(17)18)10-5-6-16-7-10/h1-4,10,13,16H,5-9H2. The number of hydrogen-bond acceptors (Lipinski definition) is 3. The fraction of sp³-hybridized carbons (Fsp3) is 0.500. The molecular weight excluding hydrogens is 247 g/mol. The molecule has 0 spiro atoms. The Morgan fingerprint density at radius 2 is 2.26 bits per heavy atom. The molecule has 0 bridgehead atoms. The Morgan fingerprint density at radius 3 is 3.00 bits per heavy atom. The third-order valence-corrected chi connectivity index (χ3v) is 3.85. The van der Waals surface area contributed by atoms with Gasteiger partial charge in [0.25, 0.3) is 0 Å². The molecule has 0 aromatic heterocycles. The van der Waals surface area contributed by atoms with Gasteiger partial charge >= 0.3 is 6.09 Å². The molecule has 2 saturated heterocycles. The van der Waals surface area contributed by atoms with Gasteiger partial charge in [0.05, 0.1) is 13.1 Å². The Kier molecular flexibility index (Phi) is 3.38. The summed E-state index contributed by atoms with van der Waals surface area (Å²) >= 11 is 0. The molecule has 1 amide bonds. The summed E-state index contributed by atoms with van der Waals surface area (Å²) in [5, 5.41) is 3.27. The molecule has 1 aromatic carbocycles. The SMILES string of the molecule is O=C1OC(C2CCNC2)CN1Cc1ccccc1F. The Hall–Kier alpha value is -1.62. The number of hydrogen-bond donors (Lipinski definition) is 1. The molecule has 0 saturated carbocycles. The van der Waals surface area contributed by atoms with Crippen LogP contribution >= 0.6 is 0 Å². The number of ether oxygens (including phenoxy) is 1. The number of nitrogens with one attached hydrogen (secondary N) is 1. The quantitative estimate of drug-likeness (QED) is 0.904. The van der Waals surface area contributed by atoms with Crippen molar-refractivity contribution in [3.8, 4) is 0 Å². The first-order chi connectivity index (χ1) is 9.24. The highest BCUT2D eigenvalue weighted by atomic mass is 19.1. The Bertz CT molecular complexity index is 474. The highest BCUT2D eigenvalue weighted by Crippen LogP contribution is 2.24. The van der Waals surface area contributed by atoms with E-state index in [-0.39, 0.29) is 24.6 Å². The Balaban J connectivity index is 1.66. The van der Waals surface area contributed by atoms with Gasteiger partial charge in [-0.25, -0.2) is 9.18 Å². The zero-order chi connectivity index (χ0) is 13.2. The first-order valence-corrected chi connectivity index (χ1v) is 6.64. The van der Waals surface area contributed by atoms with Crippen molar-refractivity contribution in [2.75, 3.05) is 19.6 Å². The van der Waals surface area contributed by atoms with Gasteiger partial charge < -0.3 is 15.0 Å². The van der Waals surface area contributed by atoms with Crippen molar-refractivity contribution < 1.29 is 13.9 Å². The van der Waals surface area contributed by atoms with Crippen LogP contribution in [0.5, 0.6) is 0 Å². The predicted octanol–water partition coefficient (Wildman–Crippen LogP) is 1.76. The number of carbonyl (C=O) groups excluding carboxylic acids is 1. The Morgan fingerprint density at radius 1 is 1.42 bits per heavy atom. The van der Waals surface area contributed by atoms with E-state index in [1.807, 2.05) is 0 Å². The zero-order valence-electron chi connectivity index (χ0n) is 10.6. The van der Waals surface area contributed by atoms with Crippen LogP contribution in [0, 0.1) is 11.7 Å². The van der Waals surface area contributed by atoms with E-state index < -0.39 is 0 Å². The molecule has 1 N–H and O–H groups in total. The summed E-state index contributed by atoms with van der Waals surface area (Å²) in [4.78, 5) is 13.4. The zero-order valence-corrected chi connectivity index (χ0v) is 10.6. The lowest BCUT2D eigenvalue weighted by Crippen LogP contribution is -2.28. The maximum atomic E-state index is 13.6. The Labute approximate surface area is 111 Å². The van der Waals surface area contributed by atoms with Gasteiger partial charge in [-0.15, -0.1) is 0 Å². The van der Waals surface area contributed by atoms with Gasteiger partial charge in [-0.3, -0.25) is 0 Å². The molecule has 2 aliphatic heterocycles. The summed E-state index contributed by atoms with van der Waals surface area (Å²) in [5.41, 5.74) is 0.532. The van der Waals surface area contributed by atoms with Crippen molar-refractivity contribution in [3.05, 3.63) is 35.6 Å². The van der Waals surface area contributed by atoms with Crippen molar-refractivity contribution in [1.29, 1.82) is 0 Å². The molecule has 2 unspecified atom stereocenters. The molecule has 1 aromatic rings. The fourth-order valence-electron chi connectivity index (χ4n) is 2.73. The van der Waals surface area contributed by atoms with Crippen LogP contribution in [-0.4, -0.2) is 36.7 Å². The van der Waals surface area contributed by atoms with Crippen molar-refractivity contribution in [2.24, 2.45) is 5.92 Å². The van der Waals surface area contributed by atoms with Gasteiger partial charge in [-0.1, -0.05) is 18.2 Å². The first kappa shape index (κ1) is 12.4. The maximum Gasteiger partial charge on any atom is 0.410 e. The minimum absolute atomic E-state index is 0.0609. The molecule has 2 aliphatic rings. The lowest BCUT2D eigenvalue weighted by Gasteiger charge is -2.16. The third-order valence-electron chi connectivity index (χ3n) is 3.85. The lowest BCUT2D eigenvalue weighted by atomic mass is 10.0. The minimum Gasteiger partial charge on any atom is -0.444 e. The van der Waals surface area contributed by atoms with E-state index in [9.17, 15) is 9.18 Å². The van der Waals surface area contributed by atoms with Crippen molar-refractivity contribution in [1.82, 2.24) is 10.2 Å². The van der Waals surface area contributed by atoms with E-state index in [1.54, 1.807) is 23.1 Å². The van der Waals surface area contributed by atoms with E-state index in [0.717, 1.165) is 19.5 Å². The van der Waals surface area contributed by atoms with Gasteiger partial charge in [-0.05, 0) is 19.0 Å². The normalized spacial score (nSPS) is 26.8. The molecule has 2 fully saturated rings. The number of benzene rings is 1. The molecule has 2 heterocycles. The lowest BCUT2D eigenvalue weighted by molar-refractivity contribution is 0.107. The van der Waals surface area contributed by atoms with Crippen molar-refractivity contribution in [2.45, 2.75) is 19.1 Å². The first-order valence-electron chi connectivity index (χ1n) is 6.64. The van der Waals surface area contributed by atoms with Crippen LogP contribution < -0.4 is 5.32 Å². The second-order valence-corrected chi connectivity index (χ2v) is 5.15. The van der Waals surface area contributed by atoms with Gasteiger partial charge in [0, 0.05) is 18.0 Å². The van der Waals surface area contributed by atoms with Gasteiger partial charge in [0.1, 0.15) is 11.9 Å². The largest absolute Gasteiger partial charge is 0.444 e. The van der Waals surface area contributed by atoms with Crippen molar-refractivity contribution in [3.63, 3.8) is 0 Å². The highest BCUT2D eigenvalue weighted by molar-refractivity contribution is 5.70. The van der Waals surface area contributed by atoms with Crippen LogP contribution in [0.3, 0.4) is 0 Å². The molecule has 0 aliphatic carbocycles. The highest BCUT2D eigenvalue weighted by Gasteiger charge is 2.37. The molecule has 5 heteroatoms. The van der Waals surface area contributed by atoms with E-state index in [1.165, 1.54) is 6.07 Å². The number of carbonyl (C=O) groups is 1. The molecule has 0 radical (unpaired) electrons. The van der Waals surface area contributed by atoms with Crippen LogP contribution in [0.1, 0.15) is 12.0 Å². The molecule has 19 heavy (non-hydrogen) atoms. The predicted molar refractivity (Wildman–Crippen MR) is 68.1 cm³/mol. The molecule has 2 atom stereocenters. The second kappa shape index (κ2) is 5.17. The topological polar surface area (TPSA) is 41.6 Å². The number of halogens is 1. The van der Waals surface area contributed by atoms with Gasteiger partial charge in [0.2, 0.25) is 0 Å². The summed E-state index contributed by atoms with van der Waals surface area (Å²) < 4.78 is 19.0. The summed E-state index contributed by atoms with van der Waals surface area (Å²) in [6.45, 7) is 2.71. The molecule has 4 nitrogen and oxygen atoms in total. The van der Waals surface area contributed by atoms with Gasteiger partial charge in [-0.2, -0.15) is 0 Å². The van der Waals surface area contributed by atoms with Crippen LogP contribution in [-0.2, 0) is 11.3 Å². The summed E-state index contributed by atoms with van der Waals surface area (Å²) in [5.74, 6) is 0.107. The summed E-state index contributed by atoms with van der Waals surface area (Å²) in [6.07, 6.45) is 0.639. The van der Waals surface area contributed by atoms with Gasteiger partial charge in [0.15, 0.2) is 0 Å². The number of cyclic esters (lactones) is 1. The number of rotatable bonds is 3. The number of nitrogens with zero attached hydrogens (tertiary/aromatic N) is 1. The summed E-state index contributed by atoms with van der Waals surface area (Å²) in [7, 11) is 0. The smallest absolute Gasteiger partial charge is 0.410 e. The monoisotopic (exact) mass is 264 g/mol. The minimum atomic E-state index is -0.333. The molecular formula is C14H17FN2O2. The van der Waals surface area contributed by atoms with E-state index in [2.05, 4.69) is 5.32 Å². The maximum absolute atomic E-state index is 13.6. The fourth-order valence-corrected chi connectivity index (χ4v) is 2.73. The van der Waals surface area contributed by atoms with Crippen LogP contribution in [0.15, 0.2) is 24.3 Å². The summed E-state index contributed by atoms with van der Waals surface area (Å²) in [6, 6.07) is 6.54.